The molecular formula is C21H16Fe2O6P-. The van der Waals surface area contributed by atoms with E-state index in [1.165, 1.54) is 16.7 Å². The van der Waals surface area contributed by atoms with E-state index in [-0.39, 0.29) is 34.1 Å². The molecule has 0 aliphatic carbocycles. The van der Waals surface area contributed by atoms with Crippen LogP contribution in [-0.2, 0) is 62.1 Å². The minimum Gasteiger partial charge on any atom is -0.0622 e. The Bertz CT molecular complexity index is 567. The molecule has 0 unspecified atom stereocenters. The second-order valence-corrected chi connectivity index (χ2v) is 4.55. The monoisotopic (exact) mass is 507 g/mol. The minimum absolute atomic E-state index is 0. The molecule has 0 heterocycles. The van der Waals surface area contributed by atoms with Crippen LogP contribution in [0.3, 0.4) is 0 Å². The molecule has 2 aromatic carbocycles. The number of hydrogen-bond donors (Lipinski definition) is 0. The Kier molecular flexibility index (Phi) is 121. The predicted octanol–water partition coefficient (Wildman–Crippen LogP) is 3.09. The maximum atomic E-state index is 7.50. The van der Waals surface area contributed by atoms with Crippen molar-refractivity contribution < 1.29 is 62.1 Å². The van der Waals surface area contributed by atoms with Crippen LogP contribution in [-0.4, -0.2) is 0 Å². The van der Waals surface area contributed by atoms with Gasteiger partial charge >= 0.3 is 67.8 Å². The smallest absolute Gasteiger partial charge is 0 e. The van der Waals surface area contributed by atoms with Gasteiger partial charge in [-0.05, 0) is 10.6 Å². The normalized spacial score (nSPS) is 5.07. The van der Waals surface area contributed by atoms with Crippen LogP contribution in [0.2, 0.25) is 0 Å². The van der Waals surface area contributed by atoms with Gasteiger partial charge in [0.05, 0.1) is 0 Å². The summed E-state index contributed by atoms with van der Waals surface area (Å²) < 4.78 is 45.0. The fraction of sp³-hybridized carbons (Fsp3) is 0. The van der Waals surface area contributed by atoms with Gasteiger partial charge in [-0.15, -0.1) is 0 Å². The Morgan fingerprint density at radius 1 is 0.567 bits per heavy atom. The Labute approximate surface area is 201 Å². The van der Waals surface area contributed by atoms with Crippen molar-refractivity contribution in [1.29, 1.82) is 0 Å². The molecular weight excluding hydrogens is 491 g/mol. The van der Waals surface area contributed by atoms with Crippen LogP contribution >= 0.6 is 8.58 Å². The molecule has 30 heavy (non-hydrogen) atoms. The Morgan fingerprint density at radius 3 is 0.900 bits per heavy atom. The van der Waals surface area contributed by atoms with Gasteiger partial charge in [-0.25, -0.2) is 19.6 Å². The van der Waals surface area contributed by atoms with Gasteiger partial charge in [-0.3, -0.25) is 0 Å². The molecule has 0 aliphatic rings. The van der Waals surface area contributed by atoms with Crippen molar-refractivity contribution in [1.82, 2.24) is 0 Å². The van der Waals surface area contributed by atoms with E-state index in [1.807, 2.05) is 0 Å². The first kappa shape index (κ1) is 51.0. The molecule has 0 bridgehead atoms. The zero-order valence-electron chi connectivity index (χ0n) is 15.4. The first-order valence-corrected chi connectivity index (χ1v) is 7.36. The van der Waals surface area contributed by atoms with Gasteiger partial charge in [0.25, 0.3) is 0 Å². The Balaban J connectivity index is -0.0000000408. The molecule has 0 fully saturated rings. The van der Waals surface area contributed by atoms with E-state index in [1.54, 1.807) is 0 Å². The number of rotatable bonds is 2. The molecule has 0 saturated carbocycles. The Morgan fingerprint density at radius 2 is 0.733 bits per heavy atom. The van der Waals surface area contributed by atoms with Gasteiger partial charge in [0.15, 0.2) is 0 Å². The summed E-state index contributed by atoms with van der Waals surface area (Å²) in [5.74, 6) is 0. The van der Waals surface area contributed by atoms with Gasteiger partial charge in [0, 0.05) is 34.1 Å². The Hall–Kier alpha value is -2.04. The molecule has 0 atom stereocenters. The quantitative estimate of drug-likeness (QED) is 0.257. The standard InChI is InChI=1S/C12H11P.C3H5.6CO.2Fe/c1-3-7-11(8-4-1)13-12-9-5-2-6-10-12;1-3-2;6*1-2;;/h1-10,13H;3H,1-2H2;;;;;;;;/q;-1;;;;;;;;. The zero-order chi connectivity index (χ0) is 23.6. The molecule has 0 aliphatic heterocycles. The SMILES string of the molecule is C=C[CH2-].[C-]#[O+].[C-]#[O+].[C-]#[O+].[C-]#[O+].[C-]#[O+].[C-]#[O+].[Fe].[Fe].c1ccc(Pc2ccccc2)cc1. The number of allylic oxidation sites excluding steroid dienone is 1. The molecule has 9 heteroatoms. The average Bonchev–Trinajstić information content (AvgIpc) is 2.84. The fourth-order valence-electron chi connectivity index (χ4n) is 1.21. The first-order chi connectivity index (χ1) is 13.9. The average molecular weight is 507 g/mol. The summed E-state index contributed by atoms with van der Waals surface area (Å²) >= 11 is 0. The third-order valence-corrected chi connectivity index (χ3v) is 3.08. The molecule has 2 aromatic rings. The van der Waals surface area contributed by atoms with E-state index in [0.29, 0.717) is 0 Å². The van der Waals surface area contributed by atoms with Gasteiger partial charge in [0.2, 0.25) is 0 Å². The minimum atomic E-state index is 0. The van der Waals surface area contributed by atoms with Crippen LogP contribution in [0.5, 0.6) is 0 Å². The molecule has 2 rings (SSSR count). The molecule has 0 aromatic heterocycles. The van der Waals surface area contributed by atoms with Crippen molar-refractivity contribution in [3.63, 3.8) is 0 Å². The van der Waals surface area contributed by atoms with Crippen LogP contribution < -0.4 is 10.6 Å². The third-order valence-electron chi connectivity index (χ3n) is 1.84. The molecule has 0 spiro atoms. The second kappa shape index (κ2) is 71.3. The predicted molar refractivity (Wildman–Crippen MR) is 99.6 cm³/mol. The fourth-order valence-corrected chi connectivity index (χ4v) is 2.26. The summed E-state index contributed by atoms with van der Waals surface area (Å²) in [6.45, 7) is 33.5. The number of hydrogen-bond acceptors (Lipinski definition) is 0. The largest absolute Gasteiger partial charge is 0.0622 e. The van der Waals surface area contributed by atoms with Crippen molar-refractivity contribution >= 4 is 19.2 Å². The van der Waals surface area contributed by atoms with Crippen molar-refractivity contribution in [2.24, 2.45) is 0 Å². The maximum Gasteiger partial charge on any atom is 0 e. The van der Waals surface area contributed by atoms with E-state index in [0.717, 1.165) is 8.58 Å². The van der Waals surface area contributed by atoms with Crippen molar-refractivity contribution in [2.75, 3.05) is 0 Å². The molecule has 0 saturated heterocycles. The third kappa shape index (κ3) is 50.1. The van der Waals surface area contributed by atoms with E-state index in [2.05, 4.69) is 114 Å². The number of benzene rings is 2. The summed E-state index contributed by atoms with van der Waals surface area (Å²) in [6, 6.07) is 21.2. The van der Waals surface area contributed by atoms with Crippen molar-refractivity contribution in [3.8, 4) is 0 Å². The van der Waals surface area contributed by atoms with Gasteiger partial charge in [-0.1, -0.05) is 69.2 Å². The van der Waals surface area contributed by atoms with Crippen LogP contribution in [0.25, 0.3) is 0 Å². The van der Waals surface area contributed by atoms with Gasteiger partial charge in [-0.2, -0.15) is 0 Å². The van der Waals surface area contributed by atoms with Crippen LogP contribution in [0.15, 0.2) is 73.3 Å². The van der Waals surface area contributed by atoms with Crippen LogP contribution in [0, 0.1) is 46.8 Å². The summed E-state index contributed by atoms with van der Waals surface area (Å²) in [5.41, 5.74) is 0. The summed E-state index contributed by atoms with van der Waals surface area (Å²) in [5, 5.41) is 2.79. The van der Waals surface area contributed by atoms with E-state index in [4.69, 9.17) is 27.9 Å². The summed E-state index contributed by atoms with van der Waals surface area (Å²) in [4.78, 5) is 0. The molecule has 0 radical (unpaired) electrons. The van der Waals surface area contributed by atoms with E-state index in [9.17, 15) is 0 Å². The van der Waals surface area contributed by atoms with Gasteiger partial charge < -0.3 is 0 Å². The zero-order valence-corrected chi connectivity index (χ0v) is 18.6. The van der Waals surface area contributed by atoms with Gasteiger partial charge in [0.1, 0.15) is 0 Å². The topological polar surface area (TPSA) is 119 Å². The van der Waals surface area contributed by atoms with E-state index < -0.39 is 0 Å². The van der Waals surface area contributed by atoms with Crippen molar-refractivity contribution in [2.45, 2.75) is 0 Å². The van der Waals surface area contributed by atoms with Crippen LogP contribution in [0.1, 0.15) is 0 Å². The molecule has 158 valence electrons. The molecule has 0 N–H and O–H groups in total. The first-order valence-electron chi connectivity index (χ1n) is 6.36. The van der Waals surface area contributed by atoms with Crippen molar-refractivity contribution in [3.05, 3.63) is 120 Å². The van der Waals surface area contributed by atoms with E-state index >= 15 is 0 Å². The molecule has 6 nitrogen and oxygen atoms in total. The maximum absolute atomic E-state index is 7.50. The summed E-state index contributed by atoms with van der Waals surface area (Å²) in [6.07, 6.45) is 1.50. The molecule has 0 amide bonds. The van der Waals surface area contributed by atoms with Crippen LogP contribution in [0.4, 0.5) is 0 Å². The summed E-state index contributed by atoms with van der Waals surface area (Å²) in [7, 11) is 0.777. The second-order valence-electron chi connectivity index (χ2n) is 3.15.